The van der Waals surface area contributed by atoms with Crippen LogP contribution in [0.25, 0.3) is 0 Å². The van der Waals surface area contributed by atoms with Crippen molar-refractivity contribution in [2.75, 3.05) is 12.3 Å². The van der Waals surface area contributed by atoms with Crippen LogP contribution in [0.15, 0.2) is 40.6 Å². The van der Waals surface area contributed by atoms with E-state index in [-0.39, 0.29) is 11.9 Å². The lowest BCUT2D eigenvalue weighted by Gasteiger charge is -2.31. The molecule has 1 aliphatic heterocycles. The van der Waals surface area contributed by atoms with Gasteiger partial charge in [-0.15, -0.1) is 23.1 Å². The number of thioether (sulfide) groups is 1. The molecule has 2 aromatic rings. The first-order chi connectivity index (χ1) is 12.1. The number of rotatable bonds is 4. The Morgan fingerprint density at radius 1 is 1.24 bits per heavy atom. The zero-order valence-corrected chi connectivity index (χ0v) is 15.7. The van der Waals surface area contributed by atoms with Crippen molar-refractivity contribution < 1.29 is 9.59 Å². The molecule has 4 nitrogen and oxygen atoms in total. The maximum atomic E-state index is 13.1. The summed E-state index contributed by atoms with van der Waals surface area (Å²) in [5.41, 5.74) is 1.42. The molecule has 25 heavy (non-hydrogen) atoms. The van der Waals surface area contributed by atoms with Crippen LogP contribution in [0.5, 0.6) is 0 Å². The average Bonchev–Trinajstić information content (AvgIpc) is 3.17. The molecule has 0 saturated carbocycles. The smallest absolute Gasteiger partial charge is 0.319 e. The summed E-state index contributed by atoms with van der Waals surface area (Å²) in [4.78, 5) is 29.3. The number of thiophene rings is 1. The number of nitrogens with zero attached hydrogens (tertiary/aromatic N) is 1. The quantitative estimate of drug-likeness (QED) is 0.653. The highest BCUT2D eigenvalue weighted by Crippen LogP contribution is 2.42. The van der Waals surface area contributed by atoms with Crippen LogP contribution in [-0.4, -0.2) is 29.1 Å². The van der Waals surface area contributed by atoms with Gasteiger partial charge >= 0.3 is 6.03 Å². The monoisotopic (exact) mass is 372 g/mol. The maximum absolute atomic E-state index is 13.1. The zero-order valence-electron chi connectivity index (χ0n) is 14.1. The fourth-order valence-electron chi connectivity index (χ4n) is 3.63. The standard InChI is InChI=1S/C19H20N2O2S2/c1-13-4-6-14(7-5-13)24-12-10-21-17(22)19(20-18(21)23)9-2-3-16-15(19)8-11-25-16/h4-8,11H,2-3,9-10,12H2,1H3,(H,20,23)/t19-/m1/s1. The Kier molecular flexibility index (Phi) is 4.33. The third-order valence-corrected chi connectivity index (χ3v) is 6.91. The number of aryl methyl sites for hydroxylation is 2. The van der Waals surface area contributed by atoms with Gasteiger partial charge in [0, 0.05) is 27.6 Å². The molecule has 0 unspecified atom stereocenters. The Morgan fingerprint density at radius 2 is 2.04 bits per heavy atom. The highest BCUT2D eigenvalue weighted by Gasteiger charge is 2.54. The lowest BCUT2D eigenvalue weighted by Crippen LogP contribution is -2.46. The molecular formula is C19H20N2O2S2. The molecule has 4 rings (SSSR count). The first-order valence-electron chi connectivity index (χ1n) is 8.50. The van der Waals surface area contributed by atoms with E-state index in [0.717, 1.165) is 23.3 Å². The van der Waals surface area contributed by atoms with Gasteiger partial charge in [0.1, 0.15) is 5.54 Å². The van der Waals surface area contributed by atoms with Gasteiger partial charge in [-0.3, -0.25) is 9.69 Å². The minimum atomic E-state index is -0.820. The fraction of sp³-hybridized carbons (Fsp3) is 0.368. The van der Waals surface area contributed by atoms with Crippen LogP contribution in [0, 0.1) is 6.92 Å². The number of carbonyl (C=O) groups is 2. The van der Waals surface area contributed by atoms with Crippen LogP contribution in [0.1, 0.15) is 28.8 Å². The van der Waals surface area contributed by atoms with Gasteiger partial charge in [-0.05, 0) is 49.8 Å². The van der Waals surface area contributed by atoms with E-state index in [2.05, 4.69) is 36.5 Å². The van der Waals surface area contributed by atoms with Crippen LogP contribution in [0.3, 0.4) is 0 Å². The molecule has 1 spiro atoms. The number of hydrogen-bond acceptors (Lipinski definition) is 4. The third kappa shape index (κ3) is 2.87. The predicted molar refractivity (Wildman–Crippen MR) is 101 cm³/mol. The number of benzene rings is 1. The highest BCUT2D eigenvalue weighted by atomic mass is 32.2. The number of fused-ring (bicyclic) bond motifs is 2. The van der Waals surface area contributed by atoms with Gasteiger partial charge in [-0.25, -0.2) is 4.79 Å². The van der Waals surface area contributed by atoms with Crippen molar-refractivity contribution in [1.29, 1.82) is 0 Å². The van der Waals surface area contributed by atoms with Gasteiger partial charge in [0.15, 0.2) is 0 Å². The lowest BCUT2D eigenvalue weighted by molar-refractivity contribution is -0.132. The highest BCUT2D eigenvalue weighted by molar-refractivity contribution is 7.99. The minimum absolute atomic E-state index is 0.0821. The second-order valence-corrected chi connectivity index (χ2v) is 8.73. The maximum Gasteiger partial charge on any atom is 0.325 e. The average molecular weight is 373 g/mol. The summed E-state index contributed by atoms with van der Waals surface area (Å²) in [6, 6.07) is 10.0. The Hall–Kier alpha value is -1.79. The van der Waals surface area contributed by atoms with E-state index in [1.54, 1.807) is 23.1 Å². The molecule has 6 heteroatoms. The number of hydrogen-bond donors (Lipinski definition) is 1. The Labute approximate surface area is 155 Å². The number of amides is 3. The Balaban J connectivity index is 1.46. The van der Waals surface area contributed by atoms with Gasteiger partial charge in [0.05, 0.1) is 0 Å². The Bertz CT molecular complexity index is 815. The second kappa shape index (κ2) is 6.50. The van der Waals surface area contributed by atoms with E-state index in [1.807, 2.05) is 11.4 Å². The molecule has 2 heterocycles. The molecule has 1 N–H and O–H groups in total. The van der Waals surface area contributed by atoms with Gasteiger partial charge in [0.2, 0.25) is 0 Å². The Morgan fingerprint density at radius 3 is 2.84 bits per heavy atom. The van der Waals surface area contributed by atoms with Crippen LogP contribution in [-0.2, 0) is 16.8 Å². The molecule has 0 radical (unpaired) electrons. The van der Waals surface area contributed by atoms with Crippen LogP contribution >= 0.6 is 23.1 Å². The molecule has 0 bridgehead atoms. The topological polar surface area (TPSA) is 49.4 Å². The fourth-order valence-corrected chi connectivity index (χ4v) is 5.47. The molecule has 2 aliphatic rings. The third-order valence-electron chi connectivity index (χ3n) is 4.94. The largest absolute Gasteiger partial charge is 0.325 e. The van der Waals surface area contributed by atoms with Crippen molar-refractivity contribution in [3.05, 3.63) is 51.7 Å². The van der Waals surface area contributed by atoms with E-state index in [1.165, 1.54) is 15.3 Å². The summed E-state index contributed by atoms with van der Waals surface area (Å²) >= 11 is 3.35. The van der Waals surface area contributed by atoms with Crippen molar-refractivity contribution in [1.82, 2.24) is 10.2 Å². The second-order valence-electron chi connectivity index (χ2n) is 6.56. The molecule has 1 aromatic heterocycles. The zero-order chi connectivity index (χ0) is 17.4. The van der Waals surface area contributed by atoms with Crippen molar-refractivity contribution in [2.45, 2.75) is 36.6 Å². The molecule has 1 aromatic carbocycles. The van der Waals surface area contributed by atoms with Crippen LogP contribution in [0.2, 0.25) is 0 Å². The van der Waals surface area contributed by atoms with Gasteiger partial charge < -0.3 is 5.32 Å². The van der Waals surface area contributed by atoms with E-state index >= 15 is 0 Å². The summed E-state index contributed by atoms with van der Waals surface area (Å²) in [6.07, 6.45) is 2.63. The summed E-state index contributed by atoms with van der Waals surface area (Å²) in [5, 5.41) is 5.02. The van der Waals surface area contributed by atoms with Gasteiger partial charge in [0.25, 0.3) is 5.91 Å². The summed E-state index contributed by atoms with van der Waals surface area (Å²) in [5.74, 6) is 0.621. The molecular weight excluding hydrogens is 352 g/mol. The van der Waals surface area contributed by atoms with Gasteiger partial charge in [-0.2, -0.15) is 0 Å². The molecule has 130 valence electrons. The van der Waals surface area contributed by atoms with Crippen molar-refractivity contribution in [3.8, 4) is 0 Å². The number of imide groups is 1. The molecule has 1 atom stereocenters. The van der Waals surface area contributed by atoms with Crippen molar-refractivity contribution in [2.24, 2.45) is 0 Å². The normalized spacial score (nSPS) is 22.4. The molecule has 3 amide bonds. The summed E-state index contributed by atoms with van der Waals surface area (Å²) < 4.78 is 0. The predicted octanol–water partition coefficient (Wildman–Crippen LogP) is 3.93. The minimum Gasteiger partial charge on any atom is -0.319 e. The number of nitrogens with one attached hydrogen (secondary N) is 1. The van der Waals surface area contributed by atoms with Gasteiger partial charge in [-0.1, -0.05) is 17.7 Å². The molecule has 1 fully saturated rings. The molecule has 1 saturated heterocycles. The molecule has 1 aliphatic carbocycles. The first kappa shape index (κ1) is 16.7. The van der Waals surface area contributed by atoms with Crippen LogP contribution < -0.4 is 5.32 Å². The summed E-state index contributed by atoms with van der Waals surface area (Å²) in [6.45, 7) is 2.49. The number of carbonyl (C=O) groups excluding carboxylic acids is 2. The van der Waals surface area contributed by atoms with E-state index in [9.17, 15) is 9.59 Å². The van der Waals surface area contributed by atoms with E-state index in [4.69, 9.17) is 0 Å². The van der Waals surface area contributed by atoms with E-state index < -0.39 is 5.54 Å². The van der Waals surface area contributed by atoms with Crippen molar-refractivity contribution in [3.63, 3.8) is 0 Å². The van der Waals surface area contributed by atoms with E-state index in [0.29, 0.717) is 18.7 Å². The first-order valence-corrected chi connectivity index (χ1v) is 10.4. The number of urea groups is 1. The summed E-state index contributed by atoms with van der Waals surface area (Å²) in [7, 11) is 0. The van der Waals surface area contributed by atoms with Crippen LogP contribution in [0.4, 0.5) is 4.79 Å². The lowest BCUT2D eigenvalue weighted by atomic mass is 9.80. The van der Waals surface area contributed by atoms with Crippen molar-refractivity contribution >= 4 is 35.0 Å². The SMILES string of the molecule is Cc1ccc(SCCN2C(=O)N[C@@]3(CCCc4sccc43)C2=O)cc1.